The van der Waals surface area contributed by atoms with E-state index in [1.165, 1.54) is 4.68 Å². The van der Waals surface area contributed by atoms with E-state index in [1.54, 1.807) is 36.1 Å². The van der Waals surface area contributed by atoms with Crippen molar-refractivity contribution in [3.05, 3.63) is 40.3 Å². The molecule has 7 heteroatoms. The molecule has 2 heterocycles. The molecule has 1 atom stereocenters. The van der Waals surface area contributed by atoms with Crippen LogP contribution in [0, 0.1) is 5.92 Å². The largest absolute Gasteiger partial charge is 0.369 e. The van der Waals surface area contributed by atoms with Crippen molar-refractivity contribution < 1.29 is 9.59 Å². The standard InChI is InChI=1S/C16H18N4O3/c1-2-20-15(22)12-6-4-3-5-11(12)13(18-20)16(23)19-8-7-10(9-19)14(17)21/h3-6,10H,2,7-9H2,1H3,(H2,17,21)/t10-/m1/s1. The van der Waals surface area contributed by atoms with E-state index < -0.39 is 5.91 Å². The van der Waals surface area contributed by atoms with Gasteiger partial charge < -0.3 is 10.6 Å². The number of aromatic nitrogens is 2. The first kappa shape index (κ1) is 15.2. The van der Waals surface area contributed by atoms with Crippen LogP contribution in [-0.4, -0.2) is 39.6 Å². The summed E-state index contributed by atoms with van der Waals surface area (Å²) in [6, 6.07) is 6.95. The molecule has 1 aromatic carbocycles. The van der Waals surface area contributed by atoms with Gasteiger partial charge in [0.25, 0.3) is 11.5 Å². The van der Waals surface area contributed by atoms with Crippen molar-refractivity contribution in [2.75, 3.05) is 13.1 Å². The molecule has 0 unspecified atom stereocenters. The van der Waals surface area contributed by atoms with Crippen LogP contribution >= 0.6 is 0 Å². The van der Waals surface area contributed by atoms with E-state index in [9.17, 15) is 14.4 Å². The number of hydrogen-bond donors (Lipinski definition) is 1. The lowest BCUT2D eigenvalue weighted by molar-refractivity contribution is -0.121. The third-order valence-electron chi connectivity index (χ3n) is 4.25. The molecule has 2 N–H and O–H groups in total. The van der Waals surface area contributed by atoms with Gasteiger partial charge in [-0.25, -0.2) is 4.68 Å². The average Bonchev–Trinajstić information content (AvgIpc) is 3.05. The number of carbonyl (C=O) groups excluding carboxylic acids is 2. The Kier molecular flexibility index (Phi) is 3.85. The number of hydrogen-bond acceptors (Lipinski definition) is 4. The van der Waals surface area contributed by atoms with E-state index in [2.05, 4.69) is 5.10 Å². The van der Waals surface area contributed by atoms with Gasteiger partial charge in [-0.05, 0) is 19.4 Å². The van der Waals surface area contributed by atoms with Gasteiger partial charge in [0.05, 0.1) is 11.3 Å². The molecule has 1 fully saturated rings. The Labute approximate surface area is 132 Å². The van der Waals surface area contributed by atoms with Crippen LogP contribution in [0.5, 0.6) is 0 Å². The molecular formula is C16H18N4O3. The fourth-order valence-corrected chi connectivity index (χ4v) is 2.93. The molecule has 0 aliphatic carbocycles. The molecule has 0 radical (unpaired) electrons. The number of carbonyl (C=O) groups is 2. The second-order valence-electron chi connectivity index (χ2n) is 5.65. The summed E-state index contributed by atoms with van der Waals surface area (Å²) in [7, 11) is 0. The molecule has 23 heavy (non-hydrogen) atoms. The smallest absolute Gasteiger partial charge is 0.274 e. The molecule has 3 rings (SSSR count). The summed E-state index contributed by atoms with van der Waals surface area (Å²) < 4.78 is 1.29. The number of likely N-dealkylation sites (tertiary alicyclic amines) is 1. The minimum atomic E-state index is -0.392. The van der Waals surface area contributed by atoms with Crippen LogP contribution in [0.25, 0.3) is 10.8 Å². The highest BCUT2D eigenvalue weighted by molar-refractivity contribution is 6.05. The van der Waals surface area contributed by atoms with Crippen molar-refractivity contribution >= 4 is 22.6 Å². The van der Waals surface area contributed by atoms with E-state index in [-0.39, 0.29) is 23.1 Å². The lowest BCUT2D eigenvalue weighted by atomic mass is 10.1. The molecular weight excluding hydrogens is 296 g/mol. The Bertz CT molecular complexity index is 843. The Balaban J connectivity index is 2.06. The first-order valence-electron chi connectivity index (χ1n) is 7.61. The third-order valence-corrected chi connectivity index (χ3v) is 4.25. The van der Waals surface area contributed by atoms with Crippen LogP contribution in [0.1, 0.15) is 23.8 Å². The molecule has 0 saturated carbocycles. The van der Waals surface area contributed by atoms with Crippen LogP contribution in [0.2, 0.25) is 0 Å². The van der Waals surface area contributed by atoms with Crippen molar-refractivity contribution in [3.63, 3.8) is 0 Å². The molecule has 2 amide bonds. The molecule has 0 spiro atoms. The number of aryl methyl sites for hydroxylation is 1. The molecule has 2 aromatic rings. The van der Waals surface area contributed by atoms with Crippen LogP contribution < -0.4 is 11.3 Å². The molecule has 1 aromatic heterocycles. The van der Waals surface area contributed by atoms with Gasteiger partial charge in [-0.15, -0.1) is 0 Å². The number of nitrogens with two attached hydrogens (primary N) is 1. The van der Waals surface area contributed by atoms with Gasteiger partial charge in [0.15, 0.2) is 5.69 Å². The van der Waals surface area contributed by atoms with E-state index in [0.29, 0.717) is 36.8 Å². The first-order chi connectivity index (χ1) is 11.0. The molecule has 1 aliphatic heterocycles. The average molecular weight is 314 g/mol. The van der Waals surface area contributed by atoms with E-state index in [1.807, 2.05) is 0 Å². The summed E-state index contributed by atoms with van der Waals surface area (Å²) in [6.07, 6.45) is 0.562. The molecule has 0 bridgehead atoms. The predicted molar refractivity (Wildman–Crippen MR) is 84.9 cm³/mol. The number of amides is 2. The fourth-order valence-electron chi connectivity index (χ4n) is 2.93. The minimum Gasteiger partial charge on any atom is -0.369 e. The lowest BCUT2D eigenvalue weighted by Gasteiger charge is -2.17. The molecule has 1 saturated heterocycles. The zero-order valence-electron chi connectivity index (χ0n) is 12.9. The SMILES string of the molecule is CCn1nc(C(=O)N2CC[C@@H](C(N)=O)C2)c2ccccc2c1=O. The van der Waals surface area contributed by atoms with Crippen molar-refractivity contribution in [2.24, 2.45) is 11.7 Å². The number of benzene rings is 1. The highest BCUT2D eigenvalue weighted by Crippen LogP contribution is 2.21. The van der Waals surface area contributed by atoms with E-state index in [0.717, 1.165) is 0 Å². The number of fused-ring (bicyclic) bond motifs is 1. The van der Waals surface area contributed by atoms with Crippen molar-refractivity contribution in [2.45, 2.75) is 19.9 Å². The van der Waals surface area contributed by atoms with Crippen LogP contribution in [-0.2, 0) is 11.3 Å². The second kappa shape index (κ2) is 5.83. The summed E-state index contributed by atoms with van der Waals surface area (Å²) in [5, 5.41) is 5.24. The summed E-state index contributed by atoms with van der Waals surface area (Å²) in [4.78, 5) is 38.0. The highest BCUT2D eigenvalue weighted by atomic mass is 16.2. The Hall–Kier alpha value is -2.70. The van der Waals surface area contributed by atoms with Crippen LogP contribution in [0.3, 0.4) is 0 Å². The third kappa shape index (κ3) is 2.58. The summed E-state index contributed by atoms with van der Waals surface area (Å²) in [6.45, 7) is 2.95. The van der Waals surface area contributed by atoms with Gasteiger partial charge >= 0.3 is 0 Å². The fraction of sp³-hybridized carbons (Fsp3) is 0.375. The maximum absolute atomic E-state index is 12.8. The molecule has 1 aliphatic rings. The minimum absolute atomic E-state index is 0.212. The second-order valence-corrected chi connectivity index (χ2v) is 5.65. The van der Waals surface area contributed by atoms with Crippen LogP contribution in [0.4, 0.5) is 0 Å². The number of nitrogens with zero attached hydrogens (tertiary/aromatic N) is 3. The van der Waals surface area contributed by atoms with E-state index in [4.69, 9.17) is 5.73 Å². The number of rotatable bonds is 3. The lowest BCUT2D eigenvalue weighted by Crippen LogP contribution is -2.34. The van der Waals surface area contributed by atoms with Crippen LogP contribution in [0.15, 0.2) is 29.1 Å². The predicted octanol–water partition coefficient (Wildman–Crippen LogP) is 0.364. The number of primary amides is 1. The Morgan fingerprint density at radius 3 is 2.61 bits per heavy atom. The van der Waals surface area contributed by atoms with Gasteiger partial charge in [0.1, 0.15) is 0 Å². The molecule has 7 nitrogen and oxygen atoms in total. The van der Waals surface area contributed by atoms with Crippen molar-refractivity contribution in [1.29, 1.82) is 0 Å². The topological polar surface area (TPSA) is 98.3 Å². The summed E-state index contributed by atoms with van der Waals surface area (Å²) in [5.41, 5.74) is 5.35. The maximum Gasteiger partial charge on any atom is 0.274 e. The molecule has 120 valence electrons. The maximum atomic E-state index is 12.8. The van der Waals surface area contributed by atoms with Crippen molar-refractivity contribution in [1.82, 2.24) is 14.7 Å². The Morgan fingerprint density at radius 1 is 1.30 bits per heavy atom. The van der Waals surface area contributed by atoms with Gasteiger partial charge in [-0.3, -0.25) is 14.4 Å². The van der Waals surface area contributed by atoms with Gasteiger partial charge in [0, 0.05) is 25.0 Å². The summed E-state index contributed by atoms with van der Waals surface area (Å²) in [5.74, 6) is -0.980. The normalized spacial score (nSPS) is 17.6. The quantitative estimate of drug-likeness (QED) is 0.884. The van der Waals surface area contributed by atoms with Gasteiger partial charge in [-0.1, -0.05) is 18.2 Å². The Morgan fingerprint density at radius 2 is 2.00 bits per heavy atom. The van der Waals surface area contributed by atoms with Gasteiger partial charge in [-0.2, -0.15) is 5.10 Å². The van der Waals surface area contributed by atoms with Crippen molar-refractivity contribution in [3.8, 4) is 0 Å². The zero-order chi connectivity index (χ0) is 16.6. The van der Waals surface area contributed by atoms with E-state index >= 15 is 0 Å². The van der Waals surface area contributed by atoms with Gasteiger partial charge in [0.2, 0.25) is 5.91 Å². The first-order valence-corrected chi connectivity index (χ1v) is 7.61. The zero-order valence-corrected chi connectivity index (χ0v) is 12.9. The highest BCUT2D eigenvalue weighted by Gasteiger charge is 2.31. The summed E-state index contributed by atoms with van der Waals surface area (Å²) >= 11 is 0. The monoisotopic (exact) mass is 314 g/mol.